The molecule has 138 valence electrons. The Bertz CT molecular complexity index is 451. The highest BCUT2D eigenvalue weighted by Gasteiger charge is 2.45. The molecule has 6 nitrogen and oxygen atoms in total. The smallest absolute Gasteiger partial charge is 0.332 e. The lowest BCUT2D eigenvalue weighted by molar-refractivity contribution is -0.144. The maximum absolute atomic E-state index is 10.4. The zero-order chi connectivity index (χ0) is 17.5. The van der Waals surface area contributed by atoms with Gasteiger partial charge >= 0.3 is 5.97 Å². The van der Waals surface area contributed by atoms with Crippen LogP contribution in [0.25, 0.3) is 0 Å². The van der Waals surface area contributed by atoms with Crippen LogP contribution in [0.3, 0.4) is 0 Å². The van der Waals surface area contributed by atoms with E-state index in [-0.39, 0.29) is 24.7 Å². The predicted octanol–water partition coefficient (Wildman–Crippen LogP) is 2.36. The van der Waals surface area contributed by atoms with E-state index in [0.717, 1.165) is 43.4 Å². The van der Waals surface area contributed by atoms with Gasteiger partial charge in [-0.05, 0) is 49.5 Å². The summed E-state index contributed by atoms with van der Waals surface area (Å²) in [6.07, 6.45) is 7.92. The van der Waals surface area contributed by atoms with Gasteiger partial charge in [0.05, 0.1) is 12.2 Å². The molecule has 2 aliphatic rings. The number of hydrogen-bond donors (Lipinski definition) is 4. The summed E-state index contributed by atoms with van der Waals surface area (Å²) in [6.45, 7) is 1.80. The average molecular weight is 341 g/mol. The van der Waals surface area contributed by atoms with Crippen LogP contribution >= 0.6 is 0 Å². The lowest BCUT2D eigenvalue weighted by atomic mass is 9.77. The van der Waals surface area contributed by atoms with Crippen LogP contribution in [0.5, 0.6) is 0 Å². The molecule has 2 aliphatic carbocycles. The molecule has 4 unspecified atom stereocenters. The number of carbonyl (C=O) groups is 1. The van der Waals surface area contributed by atoms with Crippen molar-refractivity contribution in [2.75, 3.05) is 6.61 Å². The van der Waals surface area contributed by atoms with Crippen LogP contribution in [0, 0.1) is 11.8 Å². The molecule has 0 spiro atoms. The number of aliphatic hydroxyl groups is 2. The molecular formula is C18H31NO5. The molecule has 0 aromatic rings. The Labute approximate surface area is 143 Å². The third-order valence-electron chi connectivity index (χ3n) is 5.31. The SMILES string of the molecule is CCCCCCC(O)CCC1C(O)CC2=C(NOCC(=O)O)CC21. The Hall–Kier alpha value is -1.11. The Balaban J connectivity index is 1.70. The fraction of sp³-hybridized carbons (Fsp3) is 0.833. The van der Waals surface area contributed by atoms with Crippen molar-refractivity contribution < 1.29 is 25.0 Å². The van der Waals surface area contributed by atoms with E-state index >= 15 is 0 Å². The van der Waals surface area contributed by atoms with Gasteiger partial charge in [0.1, 0.15) is 0 Å². The summed E-state index contributed by atoms with van der Waals surface area (Å²) in [7, 11) is 0. The van der Waals surface area contributed by atoms with E-state index in [1.165, 1.54) is 19.3 Å². The van der Waals surface area contributed by atoms with E-state index in [4.69, 9.17) is 9.94 Å². The lowest BCUT2D eigenvalue weighted by Gasteiger charge is -2.32. The van der Waals surface area contributed by atoms with Gasteiger partial charge < -0.3 is 15.3 Å². The van der Waals surface area contributed by atoms with Gasteiger partial charge in [-0.25, -0.2) is 4.79 Å². The van der Waals surface area contributed by atoms with Gasteiger partial charge in [0, 0.05) is 5.70 Å². The van der Waals surface area contributed by atoms with Gasteiger partial charge in [-0.2, -0.15) is 0 Å². The highest BCUT2D eigenvalue weighted by molar-refractivity contribution is 5.67. The molecule has 2 rings (SSSR count). The number of nitrogens with one attached hydrogen (secondary N) is 1. The van der Waals surface area contributed by atoms with Gasteiger partial charge in [-0.1, -0.05) is 32.6 Å². The molecule has 1 saturated carbocycles. The summed E-state index contributed by atoms with van der Waals surface area (Å²) in [5, 5.41) is 28.9. The van der Waals surface area contributed by atoms with Crippen LogP contribution in [0.1, 0.15) is 64.7 Å². The van der Waals surface area contributed by atoms with Crippen molar-refractivity contribution in [2.24, 2.45) is 11.8 Å². The number of rotatable bonds is 12. The number of carboxylic acid groups (broad SMARTS) is 1. The van der Waals surface area contributed by atoms with E-state index in [9.17, 15) is 15.0 Å². The number of fused-ring (bicyclic) bond motifs is 1. The van der Waals surface area contributed by atoms with Crippen LogP contribution < -0.4 is 5.48 Å². The Morgan fingerprint density at radius 2 is 2.08 bits per heavy atom. The number of allylic oxidation sites excluding steroid dienone is 1. The summed E-state index contributed by atoms with van der Waals surface area (Å²) >= 11 is 0. The molecule has 1 fully saturated rings. The molecule has 0 saturated heterocycles. The summed E-state index contributed by atoms with van der Waals surface area (Å²) < 4.78 is 0. The first-order chi connectivity index (χ1) is 11.5. The maximum atomic E-state index is 10.4. The van der Waals surface area contributed by atoms with E-state index in [0.29, 0.717) is 12.3 Å². The topological polar surface area (TPSA) is 99.0 Å². The molecule has 0 heterocycles. The quantitative estimate of drug-likeness (QED) is 0.321. The maximum Gasteiger partial charge on any atom is 0.332 e. The highest BCUT2D eigenvalue weighted by atomic mass is 16.7. The predicted molar refractivity (Wildman–Crippen MR) is 90.0 cm³/mol. The summed E-state index contributed by atoms with van der Waals surface area (Å²) in [5.41, 5.74) is 4.79. The number of aliphatic hydroxyl groups excluding tert-OH is 2. The first-order valence-corrected chi connectivity index (χ1v) is 9.20. The molecule has 0 aromatic carbocycles. The van der Waals surface area contributed by atoms with Crippen LogP contribution in [-0.2, 0) is 9.63 Å². The normalized spacial score (nSPS) is 26.9. The van der Waals surface area contributed by atoms with Crippen LogP contribution in [-0.4, -0.2) is 40.1 Å². The molecule has 0 aromatic heterocycles. The van der Waals surface area contributed by atoms with Crippen molar-refractivity contribution in [3.8, 4) is 0 Å². The molecule has 0 radical (unpaired) electrons. The lowest BCUT2D eigenvalue weighted by Crippen LogP contribution is -2.31. The second-order valence-corrected chi connectivity index (χ2v) is 7.11. The first kappa shape index (κ1) is 19.2. The average Bonchev–Trinajstić information content (AvgIpc) is 2.77. The largest absolute Gasteiger partial charge is 0.479 e. The minimum absolute atomic E-state index is 0.204. The minimum Gasteiger partial charge on any atom is -0.479 e. The number of carboxylic acids is 1. The van der Waals surface area contributed by atoms with E-state index in [1.807, 2.05) is 0 Å². The van der Waals surface area contributed by atoms with Gasteiger partial charge in [0.2, 0.25) is 0 Å². The number of hydroxylamine groups is 1. The Morgan fingerprint density at radius 3 is 2.79 bits per heavy atom. The van der Waals surface area contributed by atoms with Crippen molar-refractivity contribution in [3.63, 3.8) is 0 Å². The van der Waals surface area contributed by atoms with Gasteiger partial charge in [0.15, 0.2) is 6.61 Å². The fourth-order valence-electron chi connectivity index (χ4n) is 3.92. The molecule has 0 aliphatic heterocycles. The zero-order valence-electron chi connectivity index (χ0n) is 14.5. The van der Waals surface area contributed by atoms with Crippen LogP contribution in [0.15, 0.2) is 11.3 Å². The van der Waals surface area contributed by atoms with Gasteiger partial charge in [-0.3, -0.25) is 10.3 Å². The minimum atomic E-state index is -1.01. The molecule has 4 N–H and O–H groups in total. The third-order valence-corrected chi connectivity index (χ3v) is 5.31. The van der Waals surface area contributed by atoms with Crippen molar-refractivity contribution >= 4 is 5.97 Å². The number of aliphatic carboxylic acids is 1. The molecule has 4 atom stereocenters. The van der Waals surface area contributed by atoms with E-state index in [2.05, 4.69) is 12.4 Å². The number of hydrogen-bond acceptors (Lipinski definition) is 5. The zero-order valence-corrected chi connectivity index (χ0v) is 14.5. The Morgan fingerprint density at radius 1 is 1.29 bits per heavy atom. The molecular weight excluding hydrogens is 310 g/mol. The number of unbranched alkanes of at least 4 members (excludes halogenated alkanes) is 3. The molecule has 0 amide bonds. The van der Waals surface area contributed by atoms with Crippen LogP contribution in [0.2, 0.25) is 0 Å². The highest BCUT2D eigenvalue weighted by Crippen LogP contribution is 2.50. The molecule has 6 heteroatoms. The van der Waals surface area contributed by atoms with E-state index in [1.54, 1.807) is 0 Å². The fourth-order valence-corrected chi connectivity index (χ4v) is 3.92. The molecule has 0 bridgehead atoms. The summed E-state index contributed by atoms with van der Waals surface area (Å²) in [4.78, 5) is 15.3. The second-order valence-electron chi connectivity index (χ2n) is 7.11. The first-order valence-electron chi connectivity index (χ1n) is 9.20. The van der Waals surface area contributed by atoms with Crippen molar-refractivity contribution in [1.29, 1.82) is 0 Å². The monoisotopic (exact) mass is 341 g/mol. The standard InChI is InChI=1S/C18H31NO5/c1-2-3-4-5-6-12(20)7-8-13-14-9-16(15(14)10-17(13)21)19-24-11-18(22)23/h12-14,17,19-21H,2-11H2,1H3,(H,22,23). The van der Waals surface area contributed by atoms with Crippen LogP contribution in [0.4, 0.5) is 0 Å². The van der Waals surface area contributed by atoms with Crippen molar-refractivity contribution in [2.45, 2.75) is 76.9 Å². The third kappa shape index (κ3) is 5.19. The van der Waals surface area contributed by atoms with Crippen molar-refractivity contribution in [1.82, 2.24) is 5.48 Å². The Kier molecular flexibility index (Phi) is 7.52. The van der Waals surface area contributed by atoms with Crippen molar-refractivity contribution in [3.05, 3.63) is 11.3 Å². The summed E-state index contributed by atoms with van der Waals surface area (Å²) in [5.74, 6) is -0.459. The summed E-state index contributed by atoms with van der Waals surface area (Å²) in [6, 6.07) is 0. The van der Waals surface area contributed by atoms with Gasteiger partial charge in [-0.15, -0.1) is 0 Å². The van der Waals surface area contributed by atoms with E-state index < -0.39 is 5.97 Å². The molecule has 24 heavy (non-hydrogen) atoms. The second kappa shape index (κ2) is 9.39. The van der Waals surface area contributed by atoms with Gasteiger partial charge in [0.25, 0.3) is 0 Å².